The predicted octanol–water partition coefficient (Wildman–Crippen LogP) is 2.64. The zero-order valence-electron chi connectivity index (χ0n) is 15.3. The van der Waals surface area contributed by atoms with E-state index in [0.717, 1.165) is 18.2 Å². The number of nitrogens with zero attached hydrogens (tertiary/aromatic N) is 4. The van der Waals surface area contributed by atoms with E-state index in [-0.39, 0.29) is 11.9 Å². The summed E-state index contributed by atoms with van der Waals surface area (Å²) in [6, 6.07) is 10.8. The molecular weight excluding hydrogens is 346 g/mol. The van der Waals surface area contributed by atoms with Crippen molar-refractivity contribution in [3.63, 3.8) is 0 Å². The predicted molar refractivity (Wildman–Crippen MR) is 104 cm³/mol. The number of aryl methyl sites for hydroxylation is 1. The Morgan fingerprint density at radius 1 is 1.19 bits per heavy atom. The van der Waals surface area contributed by atoms with Gasteiger partial charge in [0.05, 0.1) is 11.8 Å². The fourth-order valence-electron chi connectivity index (χ4n) is 3.33. The lowest BCUT2D eigenvalue weighted by Gasteiger charge is -2.31. The van der Waals surface area contributed by atoms with Gasteiger partial charge in [-0.2, -0.15) is 0 Å². The maximum absolute atomic E-state index is 12.3. The first-order valence-corrected chi connectivity index (χ1v) is 10.2. The van der Waals surface area contributed by atoms with Crippen molar-refractivity contribution in [2.75, 3.05) is 25.4 Å². The van der Waals surface area contributed by atoms with Gasteiger partial charge in [-0.3, -0.25) is 9.69 Å². The Morgan fingerprint density at radius 2 is 1.92 bits per heavy atom. The molecule has 0 bridgehead atoms. The molecule has 26 heavy (non-hydrogen) atoms. The molecule has 1 aliphatic rings. The fourth-order valence-corrected chi connectivity index (χ4v) is 4.05. The van der Waals surface area contributed by atoms with Gasteiger partial charge in [0.2, 0.25) is 5.91 Å². The molecule has 2 aromatic rings. The first-order chi connectivity index (χ1) is 12.7. The van der Waals surface area contributed by atoms with E-state index >= 15 is 0 Å². The van der Waals surface area contributed by atoms with Crippen molar-refractivity contribution >= 4 is 17.7 Å². The summed E-state index contributed by atoms with van der Waals surface area (Å²) in [5.74, 6) is 0.391. The molecule has 1 saturated heterocycles. The second kappa shape index (κ2) is 9.73. The fraction of sp³-hybridized carbons (Fsp3) is 0.526. The van der Waals surface area contributed by atoms with Crippen LogP contribution in [0.2, 0.25) is 0 Å². The van der Waals surface area contributed by atoms with Crippen LogP contribution in [-0.2, 0) is 11.8 Å². The Kier molecular flexibility index (Phi) is 7.08. The summed E-state index contributed by atoms with van der Waals surface area (Å²) in [6.07, 6.45) is 6.72. The lowest BCUT2D eigenvalue weighted by atomic mass is 10.0. The molecule has 6 nitrogen and oxygen atoms in total. The van der Waals surface area contributed by atoms with E-state index in [4.69, 9.17) is 0 Å². The van der Waals surface area contributed by atoms with Crippen LogP contribution in [-0.4, -0.2) is 51.0 Å². The molecule has 1 aromatic carbocycles. The highest BCUT2D eigenvalue weighted by molar-refractivity contribution is 7.99. The Hall–Kier alpha value is -1.86. The summed E-state index contributed by atoms with van der Waals surface area (Å²) in [6.45, 7) is 2.84. The Labute approximate surface area is 159 Å². The highest BCUT2D eigenvalue weighted by atomic mass is 32.2. The van der Waals surface area contributed by atoms with Gasteiger partial charge < -0.3 is 9.88 Å². The molecule has 1 amide bonds. The molecule has 1 aromatic heterocycles. The topological polar surface area (TPSA) is 63.1 Å². The van der Waals surface area contributed by atoms with Crippen LogP contribution in [0, 0.1) is 0 Å². The normalized spacial score (nSPS) is 16.8. The molecule has 1 N–H and O–H groups in total. The third-order valence-corrected chi connectivity index (χ3v) is 5.79. The molecule has 1 fully saturated rings. The van der Waals surface area contributed by atoms with Crippen molar-refractivity contribution in [2.24, 2.45) is 7.05 Å². The summed E-state index contributed by atoms with van der Waals surface area (Å²) in [5, 5.41) is 11.7. The number of benzene rings is 1. The van der Waals surface area contributed by atoms with Crippen molar-refractivity contribution in [2.45, 2.75) is 36.9 Å². The van der Waals surface area contributed by atoms with Gasteiger partial charge in [-0.25, -0.2) is 0 Å². The molecule has 0 saturated carbocycles. The number of likely N-dealkylation sites (tertiary alicyclic amines) is 1. The van der Waals surface area contributed by atoms with Gasteiger partial charge in [-0.05, 0) is 31.5 Å². The smallest absolute Gasteiger partial charge is 0.230 e. The number of nitrogens with one attached hydrogen (secondary N) is 1. The highest BCUT2D eigenvalue weighted by Crippen LogP contribution is 2.24. The molecule has 0 spiro atoms. The third kappa shape index (κ3) is 5.32. The van der Waals surface area contributed by atoms with Crippen LogP contribution in [0.25, 0.3) is 0 Å². The third-order valence-electron chi connectivity index (χ3n) is 4.76. The van der Waals surface area contributed by atoms with Crippen LogP contribution in [0.5, 0.6) is 0 Å². The molecule has 3 rings (SSSR count). The minimum Gasteiger partial charge on any atom is -0.353 e. The SMILES string of the molecule is Cn1cnnc1SCC(=O)NCC(c1ccccc1)N1CCCCCC1. The monoisotopic (exact) mass is 373 g/mol. The Bertz CT molecular complexity index is 682. The van der Waals surface area contributed by atoms with Gasteiger partial charge >= 0.3 is 0 Å². The van der Waals surface area contributed by atoms with Crippen LogP contribution in [0.4, 0.5) is 0 Å². The molecule has 140 valence electrons. The highest BCUT2D eigenvalue weighted by Gasteiger charge is 2.22. The number of amides is 1. The summed E-state index contributed by atoms with van der Waals surface area (Å²) in [4.78, 5) is 14.9. The van der Waals surface area contributed by atoms with E-state index in [1.165, 1.54) is 43.0 Å². The number of rotatable bonds is 7. The maximum atomic E-state index is 12.3. The Balaban J connectivity index is 1.58. The standard InChI is InChI=1S/C19H27N5OS/c1-23-15-21-22-19(23)26-14-18(25)20-13-17(16-9-5-4-6-10-16)24-11-7-2-3-8-12-24/h4-6,9-10,15,17H,2-3,7-8,11-14H2,1H3,(H,20,25). The van der Waals surface area contributed by atoms with E-state index in [0.29, 0.717) is 12.3 Å². The summed E-state index contributed by atoms with van der Waals surface area (Å²) in [5.41, 5.74) is 1.27. The quantitative estimate of drug-likeness (QED) is 0.756. The maximum Gasteiger partial charge on any atom is 0.230 e. The molecule has 0 radical (unpaired) electrons. The van der Waals surface area contributed by atoms with Crippen LogP contribution in [0.1, 0.15) is 37.3 Å². The minimum absolute atomic E-state index is 0.0359. The molecule has 0 aliphatic carbocycles. The molecule has 7 heteroatoms. The van der Waals surface area contributed by atoms with Crippen molar-refractivity contribution in [1.82, 2.24) is 25.0 Å². The van der Waals surface area contributed by atoms with Crippen molar-refractivity contribution in [1.29, 1.82) is 0 Å². The molecular formula is C19H27N5OS. The lowest BCUT2D eigenvalue weighted by molar-refractivity contribution is -0.118. The van der Waals surface area contributed by atoms with Gasteiger partial charge in [0, 0.05) is 13.6 Å². The second-order valence-corrected chi connectivity index (χ2v) is 7.64. The zero-order chi connectivity index (χ0) is 18.2. The summed E-state index contributed by atoms with van der Waals surface area (Å²) < 4.78 is 1.82. The number of carbonyl (C=O) groups excluding carboxylic acids is 1. The summed E-state index contributed by atoms with van der Waals surface area (Å²) in [7, 11) is 1.88. The average Bonchev–Trinajstić information content (AvgIpc) is 2.90. The van der Waals surface area contributed by atoms with Crippen molar-refractivity contribution in [3.8, 4) is 0 Å². The van der Waals surface area contributed by atoms with E-state index in [1.54, 1.807) is 6.33 Å². The van der Waals surface area contributed by atoms with Crippen molar-refractivity contribution < 1.29 is 4.79 Å². The molecule has 2 heterocycles. The average molecular weight is 374 g/mol. The van der Waals surface area contributed by atoms with E-state index < -0.39 is 0 Å². The molecule has 1 atom stereocenters. The zero-order valence-corrected chi connectivity index (χ0v) is 16.1. The van der Waals surface area contributed by atoms with Gasteiger partial charge in [-0.15, -0.1) is 10.2 Å². The minimum atomic E-state index is 0.0359. The van der Waals surface area contributed by atoms with Crippen LogP contribution in [0.3, 0.4) is 0 Å². The second-order valence-electron chi connectivity index (χ2n) is 6.69. The lowest BCUT2D eigenvalue weighted by Crippen LogP contribution is -2.39. The first-order valence-electron chi connectivity index (χ1n) is 9.26. The van der Waals surface area contributed by atoms with Crippen LogP contribution in [0.15, 0.2) is 41.8 Å². The van der Waals surface area contributed by atoms with E-state index in [9.17, 15) is 4.79 Å². The number of carbonyl (C=O) groups is 1. The van der Waals surface area contributed by atoms with Gasteiger partial charge in [0.1, 0.15) is 6.33 Å². The van der Waals surface area contributed by atoms with E-state index in [1.807, 2.05) is 17.7 Å². The summed E-state index contributed by atoms with van der Waals surface area (Å²) >= 11 is 1.41. The Morgan fingerprint density at radius 3 is 2.58 bits per heavy atom. The van der Waals surface area contributed by atoms with Crippen molar-refractivity contribution in [3.05, 3.63) is 42.2 Å². The largest absolute Gasteiger partial charge is 0.353 e. The van der Waals surface area contributed by atoms with Gasteiger partial charge in [0.15, 0.2) is 5.16 Å². The number of hydrogen-bond donors (Lipinski definition) is 1. The van der Waals surface area contributed by atoms with Gasteiger partial charge in [-0.1, -0.05) is 54.9 Å². The first kappa shape index (κ1) is 18.9. The van der Waals surface area contributed by atoms with Crippen LogP contribution < -0.4 is 5.32 Å². The van der Waals surface area contributed by atoms with Gasteiger partial charge in [0.25, 0.3) is 0 Å². The van der Waals surface area contributed by atoms with Crippen LogP contribution >= 0.6 is 11.8 Å². The molecule has 1 unspecified atom stereocenters. The number of aromatic nitrogens is 3. The molecule has 1 aliphatic heterocycles. The number of thioether (sulfide) groups is 1. The van der Waals surface area contributed by atoms with E-state index in [2.05, 4.69) is 44.7 Å². The number of hydrogen-bond acceptors (Lipinski definition) is 5.